The standard InChI is InChI=1S/C23H25N3O3/c1-15(2)29-21(27)13-24-23(28)20-14-26(19-8-6-5-7-9-19)25-22(20)18-11-10-16(3)17(4)12-18/h5-12,14-15H,13H2,1-4H3,(H,24,28). The van der Waals surface area contributed by atoms with Crippen LogP contribution in [0.15, 0.2) is 54.7 Å². The van der Waals surface area contributed by atoms with Crippen molar-refractivity contribution >= 4 is 11.9 Å². The Labute approximate surface area is 170 Å². The average Bonchev–Trinajstić information content (AvgIpc) is 3.14. The maximum atomic E-state index is 12.9. The molecule has 29 heavy (non-hydrogen) atoms. The topological polar surface area (TPSA) is 73.2 Å². The maximum Gasteiger partial charge on any atom is 0.325 e. The summed E-state index contributed by atoms with van der Waals surface area (Å²) in [7, 11) is 0. The Balaban J connectivity index is 1.95. The van der Waals surface area contributed by atoms with Gasteiger partial charge < -0.3 is 10.1 Å². The van der Waals surface area contributed by atoms with Crippen molar-refractivity contribution in [1.29, 1.82) is 0 Å². The number of amides is 1. The van der Waals surface area contributed by atoms with Gasteiger partial charge in [-0.15, -0.1) is 0 Å². The van der Waals surface area contributed by atoms with Gasteiger partial charge in [-0.05, 0) is 57.0 Å². The highest BCUT2D eigenvalue weighted by atomic mass is 16.5. The molecular weight excluding hydrogens is 366 g/mol. The van der Waals surface area contributed by atoms with Crippen LogP contribution < -0.4 is 5.32 Å². The largest absolute Gasteiger partial charge is 0.462 e. The van der Waals surface area contributed by atoms with E-state index in [0.29, 0.717) is 11.3 Å². The second-order valence-corrected chi connectivity index (χ2v) is 7.19. The second kappa shape index (κ2) is 8.73. The number of nitrogens with one attached hydrogen (secondary N) is 1. The first kappa shape index (κ1) is 20.3. The third-order valence-corrected chi connectivity index (χ3v) is 4.52. The lowest BCUT2D eigenvalue weighted by molar-refractivity contribution is -0.146. The van der Waals surface area contributed by atoms with Crippen LogP contribution >= 0.6 is 0 Å². The molecule has 150 valence electrons. The minimum atomic E-state index is -0.475. The van der Waals surface area contributed by atoms with E-state index in [1.54, 1.807) is 24.7 Å². The zero-order chi connectivity index (χ0) is 21.0. The molecule has 0 fully saturated rings. The first-order chi connectivity index (χ1) is 13.8. The number of ether oxygens (including phenoxy) is 1. The van der Waals surface area contributed by atoms with Gasteiger partial charge in [0.05, 0.1) is 17.4 Å². The molecule has 0 saturated carbocycles. The highest BCUT2D eigenvalue weighted by molar-refractivity contribution is 6.01. The summed E-state index contributed by atoms with van der Waals surface area (Å²) in [6.45, 7) is 7.40. The Kier molecular flexibility index (Phi) is 6.12. The lowest BCUT2D eigenvalue weighted by Gasteiger charge is -2.09. The van der Waals surface area contributed by atoms with Gasteiger partial charge in [0.1, 0.15) is 12.2 Å². The molecule has 1 aromatic heterocycles. The number of hydrogen-bond acceptors (Lipinski definition) is 4. The number of para-hydroxylation sites is 1. The van der Waals surface area contributed by atoms with E-state index in [0.717, 1.165) is 16.8 Å². The summed E-state index contributed by atoms with van der Waals surface area (Å²) in [6.07, 6.45) is 1.45. The van der Waals surface area contributed by atoms with Crippen molar-refractivity contribution < 1.29 is 14.3 Å². The maximum absolute atomic E-state index is 12.9. The number of carbonyl (C=O) groups excluding carboxylic acids is 2. The molecule has 6 heteroatoms. The van der Waals surface area contributed by atoms with Crippen molar-refractivity contribution in [1.82, 2.24) is 15.1 Å². The molecule has 2 aromatic carbocycles. The molecule has 0 spiro atoms. The molecule has 0 aliphatic heterocycles. The van der Waals surface area contributed by atoms with Crippen molar-refractivity contribution in [2.75, 3.05) is 6.54 Å². The molecule has 1 N–H and O–H groups in total. The van der Waals surface area contributed by atoms with Crippen LogP contribution in [0.5, 0.6) is 0 Å². The Morgan fingerprint density at radius 2 is 1.79 bits per heavy atom. The first-order valence-electron chi connectivity index (χ1n) is 9.55. The quantitative estimate of drug-likeness (QED) is 0.648. The smallest absolute Gasteiger partial charge is 0.325 e. The Hall–Kier alpha value is -3.41. The van der Waals surface area contributed by atoms with Crippen molar-refractivity contribution in [3.05, 3.63) is 71.4 Å². The van der Waals surface area contributed by atoms with Crippen LogP contribution in [0.1, 0.15) is 35.3 Å². The molecule has 6 nitrogen and oxygen atoms in total. The van der Waals surface area contributed by atoms with E-state index in [4.69, 9.17) is 4.74 Å². The number of aryl methyl sites for hydroxylation is 2. The third-order valence-electron chi connectivity index (χ3n) is 4.52. The molecule has 0 bridgehead atoms. The summed E-state index contributed by atoms with van der Waals surface area (Å²) in [6, 6.07) is 15.5. The van der Waals surface area contributed by atoms with E-state index in [9.17, 15) is 9.59 Å². The summed E-state index contributed by atoms with van der Waals surface area (Å²) in [5.41, 5.74) is 4.93. The van der Waals surface area contributed by atoms with E-state index in [1.807, 2.05) is 62.4 Å². The van der Waals surface area contributed by atoms with E-state index in [1.165, 1.54) is 5.56 Å². The average molecular weight is 391 g/mol. The van der Waals surface area contributed by atoms with E-state index >= 15 is 0 Å². The number of carbonyl (C=O) groups is 2. The van der Waals surface area contributed by atoms with Crippen molar-refractivity contribution in [3.63, 3.8) is 0 Å². The number of rotatable bonds is 6. The van der Waals surface area contributed by atoms with Crippen molar-refractivity contribution in [2.24, 2.45) is 0 Å². The lowest BCUT2D eigenvalue weighted by atomic mass is 10.0. The molecule has 0 saturated heterocycles. The van der Waals surface area contributed by atoms with Gasteiger partial charge in [0.15, 0.2) is 0 Å². The van der Waals surface area contributed by atoms with E-state index in [2.05, 4.69) is 10.4 Å². The van der Waals surface area contributed by atoms with E-state index in [-0.39, 0.29) is 18.6 Å². The van der Waals surface area contributed by atoms with Crippen LogP contribution in [0, 0.1) is 13.8 Å². The molecule has 0 radical (unpaired) electrons. The molecule has 0 aliphatic carbocycles. The first-order valence-corrected chi connectivity index (χ1v) is 9.55. The zero-order valence-corrected chi connectivity index (χ0v) is 17.1. The van der Waals surface area contributed by atoms with Gasteiger partial charge in [0.25, 0.3) is 5.91 Å². The van der Waals surface area contributed by atoms with Crippen LogP contribution in [0.2, 0.25) is 0 Å². The Morgan fingerprint density at radius 1 is 1.07 bits per heavy atom. The van der Waals surface area contributed by atoms with Crippen LogP contribution in [0.25, 0.3) is 16.9 Å². The number of esters is 1. The fraction of sp³-hybridized carbons (Fsp3) is 0.261. The van der Waals surface area contributed by atoms with Gasteiger partial charge in [-0.1, -0.05) is 30.3 Å². The summed E-state index contributed by atoms with van der Waals surface area (Å²) >= 11 is 0. The van der Waals surface area contributed by atoms with Gasteiger partial charge in [0.2, 0.25) is 0 Å². The third kappa shape index (κ3) is 4.90. The summed E-state index contributed by atoms with van der Waals surface area (Å²) in [5.74, 6) is -0.849. The normalized spacial score (nSPS) is 10.8. The van der Waals surface area contributed by atoms with Gasteiger partial charge >= 0.3 is 5.97 Å². The highest BCUT2D eigenvalue weighted by Gasteiger charge is 2.20. The molecule has 1 amide bonds. The summed E-state index contributed by atoms with van der Waals surface area (Å²) in [5, 5.41) is 7.30. The minimum absolute atomic E-state index is 0.195. The van der Waals surface area contributed by atoms with Gasteiger partial charge in [0, 0.05) is 11.8 Å². The highest BCUT2D eigenvalue weighted by Crippen LogP contribution is 2.25. The van der Waals surface area contributed by atoms with Crippen molar-refractivity contribution in [3.8, 4) is 16.9 Å². The van der Waals surface area contributed by atoms with Crippen LogP contribution in [-0.4, -0.2) is 34.3 Å². The number of hydrogen-bond donors (Lipinski definition) is 1. The molecule has 0 unspecified atom stereocenters. The summed E-state index contributed by atoms with van der Waals surface area (Å²) < 4.78 is 6.75. The molecule has 1 heterocycles. The molecule has 3 rings (SSSR count). The van der Waals surface area contributed by atoms with Crippen molar-refractivity contribution in [2.45, 2.75) is 33.8 Å². The number of benzene rings is 2. The number of nitrogens with zero attached hydrogens (tertiary/aromatic N) is 2. The summed E-state index contributed by atoms with van der Waals surface area (Å²) in [4.78, 5) is 24.6. The van der Waals surface area contributed by atoms with Crippen LogP contribution in [0.3, 0.4) is 0 Å². The van der Waals surface area contributed by atoms with Gasteiger partial charge in [-0.25, -0.2) is 4.68 Å². The lowest BCUT2D eigenvalue weighted by Crippen LogP contribution is -2.31. The fourth-order valence-electron chi connectivity index (χ4n) is 2.91. The predicted molar refractivity (Wildman–Crippen MR) is 112 cm³/mol. The molecule has 0 aliphatic rings. The fourth-order valence-corrected chi connectivity index (χ4v) is 2.91. The van der Waals surface area contributed by atoms with E-state index < -0.39 is 5.97 Å². The van der Waals surface area contributed by atoms with Gasteiger partial charge in [-0.2, -0.15) is 5.10 Å². The molecular formula is C23H25N3O3. The Bertz CT molecular complexity index is 1020. The second-order valence-electron chi connectivity index (χ2n) is 7.19. The SMILES string of the molecule is Cc1ccc(-c2nn(-c3ccccc3)cc2C(=O)NCC(=O)OC(C)C)cc1C. The van der Waals surface area contributed by atoms with Gasteiger partial charge in [-0.3, -0.25) is 9.59 Å². The molecule has 3 aromatic rings. The Morgan fingerprint density at radius 3 is 2.45 bits per heavy atom. The monoisotopic (exact) mass is 391 g/mol. The van der Waals surface area contributed by atoms with Crippen LogP contribution in [0.4, 0.5) is 0 Å². The minimum Gasteiger partial charge on any atom is -0.462 e. The predicted octanol–water partition coefficient (Wildman–Crippen LogP) is 3.84. The number of aromatic nitrogens is 2. The molecule has 0 atom stereocenters. The zero-order valence-electron chi connectivity index (χ0n) is 17.1. The van der Waals surface area contributed by atoms with Crippen LogP contribution in [-0.2, 0) is 9.53 Å².